The van der Waals surface area contributed by atoms with Crippen LogP contribution in [0.25, 0.3) is 0 Å². The molecule has 7 nitrogen and oxygen atoms in total. The van der Waals surface area contributed by atoms with Gasteiger partial charge < -0.3 is 20.1 Å². The molecule has 2 N–H and O–H groups in total. The van der Waals surface area contributed by atoms with E-state index >= 15 is 0 Å². The minimum Gasteiger partial charge on any atom is -0.494 e. The summed E-state index contributed by atoms with van der Waals surface area (Å²) in [7, 11) is 1.30. The van der Waals surface area contributed by atoms with Crippen LogP contribution in [-0.4, -0.2) is 38.0 Å². The second kappa shape index (κ2) is 9.50. The predicted octanol–water partition coefficient (Wildman–Crippen LogP) is 2.36. The molecule has 0 radical (unpaired) electrons. The molecule has 0 aromatic heterocycles. The molecule has 0 unspecified atom stereocenters. The lowest BCUT2D eigenvalue weighted by atomic mass is 10.1. The number of carbonyl (C=O) groups is 3. The molecule has 0 aliphatic heterocycles. The van der Waals surface area contributed by atoms with E-state index < -0.39 is 30.2 Å². The average molecular weight is 388 g/mol. The number of carbonyl (C=O) groups excluding carboxylic acids is 3. The SMILES string of the molecule is COc1ccc(C(=O)OCC(=O)NCC(=O)Nc2cccc(C)c2C)cc1F. The zero-order chi connectivity index (χ0) is 20.7. The van der Waals surface area contributed by atoms with Crippen LogP contribution in [0.4, 0.5) is 10.1 Å². The van der Waals surface area contributed by atoms with Gasteiger partial charge in [0.1, 0.15) is 0 Å². The summed E-state index contributed by atoms with van der Waals surface area (Å²) in [6, 6.07) is 9.06. The van der Waals surface area contributed by atoms with Crippen molar-refractivity contribution < 1.29 is 28.2 Å². The van der Waals surface area contributed by atoms with Crippen LogP contribution in [0.2, 0.25) is 0 Å². The Labute approximate surface area is 161 Å². The summed E-state index contributed by atoms with van der Waals surface area (Å²) in [6.45, 7) is 2.94. The molecule has 28 heavy (non-hydrogen) atoms. The fraction of sp³-hybridized carbons (Fsp3) is 0.250. The quantitative estimate of drug-likeness (QED) is 0.711. The molecule has 0 aliphatic carbocycles. The molecule has 2 rings (SSSR count). The number of esters is 1. The molecular weight excluding hydrogens is 367 g/mol. The molecule has 0 heterocycles. The highest BCUT2D eigenvalue weighted by atomic mass is 19.1. The molecule has 0 aliphatic rings. The van der Waals surface area contributed by atoms with Gasteiger partial charge in [-0.3, -0.25) is 9.59 Å². The van der Waals surface area contributed by atoms with Gasteiger partial charge in [0.05, 0.1) is 19.2 Å². The second-order valence-corrected chi connectivity index (χ2v) is 6.00. The van der Waals surface area contributed by atoms with E-state index in [1.54, 1.807) is 6.07 Å². The maximum absolute atomic E-state index is 13.6. The van der Waals surface area contributed by atoms with Gasteiger partial charge in [-0.1, -0.05) is 12.1 Å². The number of methoxy groups -OCH3 is 1. The van der Waals surface area contributed by atoms with Crippen LogP contribution >= 0.6 is 0 Å². The molecule has 2 amide bonds. The highest BCUT2D eigenvalue weighted by molar-refractivity contribution is 5.96. The largest absolute Gasteiger partial charge is 0.494 e. The smallest absolute Gasteiger partial charge is 0.338 e. The molecule has 0 saturated heterocycles. The monoisotopic (exact) mass is 388 g/mol. The van der Waals surface area contributed by atoms with Gasteiger partial charge in [-0.2, -0.15) is 0 Å². The topological polar surface area (TPSA) is 93.7 Å². The third-order valence-corrected chi connectivity index (χ3v) is 4.05. The van der Waals surface area contributed by atoms with Crippen LogP contribution in [0.3, 0.4) is 0 Å². The summed E-state index contributed by atoms with van der Waals surface area (Å²) in [4.78, 5) is 35.6. The maximum Gasteiger partial charge on any atom is 0.338 e. The Bertz CT molecular complexity index is 898. The number of ether oxygens (including phenoxy) is 2. The molecule has 2 aromatic rings. The lowest BCUT2D eigenvalue weighted by molar-refractivity contribution is -0.126. The van der Waals surface area contributed by atoms with Crippen molar-refractivity contribution >= 4 is 23.5 Å². The van der Waals surface area contributed by atoms with Gasteiger partial charge in [-0.05, 0) is 49.2 Å². The molecule has 0 atom stereocenters. The highest BCUT2D eigenvalue weighted by Gasteiger charge is 2.14. The Kier molecular flexibility index (Phi) is 7.08. The molecule has 148 valence electrons. The van der Waals surface area contributed by atoms with Gasteiger partial charge in [0.2, 0.25) is 5.91 Å². The number of hydrogen-bond acceptors (Lipinski definition) is 5. The highest BCUT2D eigenvalue weighted by Crippen LogP contribution is 2.18. The van der Waals surface area contributed by atoms with E-state index in [4.69, 9.17) is 9.47 Å². The normalized spacial score (nSPS) is 10.1. The molecule has 8 heteroatoms. The third kappa shape index (κ3) is 5.54. The van der Waals surface area contributed by atoms with Crippen molar-refractivity contribution in [1.82, 2.24) is 5.32 Å². The van der Waals surface area contributed by atoms with Crippen LogP contribution in [0.5, 0.6) is 5.75 Å². The molecular formula is C20H21FN2O5. The lowest BCUT2D eigenvalue weighted by Crippen LogP contribution is -2.35. The Hall–Kier alpha value is -3.42. The number of aryl methyl sites for hydroxylation is 1. The van der Waals surface area contributed by atoms with Crippen molar-refractivity contribution in [1.29, 1.82) is 0 Å². The fourth-order valence-electron chi connectivity index (χ4n) is 2.32. The third-order valence-electron chi connectivity index (χ3n) is 4.05. The van der Waals surface area contributed by atoms with Crippen molar-refractivity contribution in [3.8, 4) is 5.75 Å². The summed E-state index contributed by atoms with van der Waals surface area (Å²) in [5.74, 6) is -2.66. The van der Waals surface area contributed by atoms with E-state index in [9.17, 15) is 18.8 Å². The fourth-order valence-corrected chi connectivity index (χ4v) is 2.32. The lowest BCUT2D eigenvalue weighted by Gasteiger charge is -2.11. The summed E-state index contributed by atoms with van der Waals surface area (Å²) < 4.78 is 23.2. The van der Waals surface area contributed by atoms with Crippen LogP contribution in [0.1, 0.15) is 21.5 Å². The Balaban J connectivity index is 1.79. The Morgan fingerprint density at radius 3 is 2.50 bits per heavy atom. The first-order chi connectivity index (χ1) is 13.3. The van der Waals surface area contributed by atoms with Crippen LogP contribution in [0.15, 0.2) is 36.4 Å². The number of nitrogens with one attached hydrogen (secondary N) is 2. The minimum atomic E-state index is -0.864. The van der Waals surface area contributed by atoms with Gasteiger partial charge in [-0.15, -0.1) is 0 Å². The van der Waals surface area contributed by atoms with E-state index in [1.807, 2.05) is 26.0 Å². The van der Waals surface area contributed by atoms with E-state index in [0.29, 0.717) is 5.69 Å². The van der Waals surface area contributed by atoms with Gasteiger partial charge in [0.25, 0.3) is 5.91 Å². The Morgan fingerprint density at radius 2 is 1.82 bits per heavy atom. The zero-order valence-corrected chi connectivity index (χ0v) is 15.8. The first kappa shape index (κ1) is 20.9. The van der Waals surface area contributed by atoms with Crippen molar-refractivity contribution in [3.63, 3.8) is 0 Å². The average Bonchev–Trinajstić information content (AvgIpc) is 2.68. The van der Waals surface area contributed by atoms with Crippen LogP contribution in [-0.2, 0) is 14.3 Å². The number of amides is 2. The first-order valence-electron chi connectivity index (χ1n) is 8.45. The van der Waals surface area contributed by atoms with E-state index in [2.05, 4.69) is 10.6 Å². The molecule has 0 bridgehead atoms. The summed E-state index contributed by atoms with van der Waals surface area (Å²) >= 11 is 0. The number of halogens is 1. The van der Waals surface area contributed by atoms with Crippen LogP contribution in [0, 0.1) is 19.7 Å². The first-order valence-corrected chi connectivity index (χ1v) is 8.45. The number of rotatable bonds is 7. The summed E-state index contributed by atoms with van der Waals surface area (Å²) in [6.07, 6.45) is 0. The van der Waals surface area contributed by atoms with Crippen molar-refractivity contribution in [3.05, 3.63) is 58.9 Å². The van der Waals surface area contributed by atoms with Gasteiger partial charge >= 0.3 is 5.97 Å². The van der Waals surface area contributed by atoms with E-state index in [0.717, 1.165) is 17.2 Å². The molecule has 0 saturated carbocycles. The Morgan fingerprint density at radius 1 is 1.07 bits per heavy atom. The summed E-state index contributed by atoms with van der Waals surface area (Å²) in [5.41, 5.74) is 2.57. The minimum absolute atomic E-state index is 0.0100. The number of anilines is 1. The predicted molar refractivity (Wildman–Crippen MR) is 101 cm³/mol. The van der Waals surface area contributed by atoms with Crippen molar-refractivity contribution in [2.75, 3.05) is 25.6 Å². The molecule has 0 spiro atoms. The van der Waals surface area contributed by atoms with Gasteiger partial charge in [0.15, 0.2) is 18.2 Å². The molecule has 0 fully saturated rings. The number of hydrogen-bond donors (Lipinski definition) is 2. The van der Waals surface area contributed by atoms with Gasteiger partial charge in [-0.25, -0.2) is 9.18 Å². The molecule has 2 aromatic carbocycles. The van der Waals surface area contributed by atoms with Crippen LogP contribution < -0.4 is 15.4 Å². The standard InChI is InChI=1S/C20H21FN2O5/c1-12-5-4-6-16(13(12)2)23-18(24)10-22-19(25)11-28-20(26)14-7-8-17(27-3)15(21)9-14/h4-9H,10-11H2,1-3H3,(H,22,25)(H,23,24). The van der Waals surface area contributed by atoms with Crippen molar-refractivity contribution in [2.24, 2.45) is 0 Å². The van der Waals surface area contributed by atoms with Crippen molar-refractivity contribution in [2.45, 2.75) is 13.8 Å². The summed E-state index contributed by atoms with van der Waals surface area (Å²) in [5, 5.41) is 5.05. The maximum atomic E-state index is 13.6. The van der Waals surface area contributed by atoms with E-state index in [1.165, 1.54) is 19.2 Å². The second-order valence-electron chi connectivity index (χ2n) is 6.00. The zero-order valence-electron chi connectivity index (χ0n) is 15.8. The number of benzene rings is 2. The van der Waals surface area contributed by atoms with Gasteiger partial charge in [0, 0.05) is 5.69 Å². The van der Waals surface area contributed by atoms with E-state index in [-0.39, 0.29) is 17.9 Å².